The van der Waals surface area contributed by atoms with Crippen molar-refractivity contribution in [1.29, 1.82) is 0 Å². The minimum Gasteiger partial charge on any atom is -0.301 e. The molecule has 0 aliphatic rings. The fourth-order valence-electron chi connectivity index (χ4n) is 1.95. The maximum absolute atomic E-state index is 14.0. The van der Waals surface area contributed by atoms with Crippen molar-refractivity contribution >= 4 is 34.7 Å². The fourth-order valence-corrected chi connectivity index (χ4v) is 3.49. The summed E-state index contributed by atoms with van der Waals surface area (Å²) in [6.07, 6.45) is 2.08. The lowest BCUT2D eigenvalue weighted by Gasteiger charge is -2.16. The van der Waals surface area contributed by atoms with Crippen LogP contribution in [0.1, 0.15) is 11.3 Å². The molecule has 0 saturated heterocycles. The summed E-state index contributed by atoms with van der Waals surface area (Å²) < 4.78 is 14.0. The molecular formula is C15H18ClFN2S2. The number of thiazole rings is 1. The highest BCUT2D eigenvalue weighted by Gasteiger charge is 2.10. The maximum Gasteiger partial charge on any atom is 0.127 e. The second kappa shape index (κ2) is 8.13. The van der Waals surface area contributed by atoms with Crippen molar-refractivity contribution in [2.24, 2.45) is 0 Å². The van der Waals surface area contributed by atoms with Gasteiger partial charge in [-0.05, 0) is 31.5 Å². The van der Waals surface area contributed by atoms with Crippen molar-refractivity contribution in [2.45, 2.75) is 12.4 Å². The average molecular weight is 345 g/mol. The predicted octanol–water partition coefficient (Wildman–Crippen LogP) is 4.48. The van der Waals surface area contributed by atoms with Crippen molar-refractivity contribution in [3.8, 4) is 10.6 Å². The summed E-state index contributed by atoms with van der Waals surface area (Å²) in [6, 6.07) is 5.19. The molecule has 0 fully saturated rings. The summed E-state index contributed by atoms with van der Waals surface area (Å²) in [5.74, 6) is 1.29. The van der Waals surface area contributed by atoms with Crippen molar-refractivity contribution in [3.63, 3.8) is 0 Å². The van der Waals surface area contributed by atoms with Gasteiger partial charge < -0.3 is 4.90 Å². The Balaban J connectivity index is 2.16. The highest BCUT2D eigenvalue weighted by atomic mass is 35.5. The summed E-state index contributed by atoms with van der Waals surface area (Å²) in [5, 5.41) is 2.83. The van der Waals surface area contributed by atoms with Gasteiger partial charge in [0.25, 0.3) is 0 Å². The first-order chi connectivity index (χ1) is 10.1. The fraction of sp³-hybridized carbons (Fsp3) is 0.400. The number of alkyl halides is 1. The van der Waals surface area contributed by atoms with Gasteiger partial charge in [0.1, 0.15) is 10.8 Å². The molecule has 6 heteroatoms. The molecule has 0 unspecified atom stereocenters. The molecule has 0 atom stereocenters. The molecule has 1 heterocycles. The SMILES string of the molecule is CSCCN(C)Cc1cc(-c2nc(CCl)cs2)ccc1F. The molecule has 0 radical (unpaired) electrons. The third kappa shape index (κ3) is 4.68. The number of benzene rings is 1. The van der Waals surface area contributed by atoms with Gasteiger partial charge in [-0.2, -0.15) is 11.8 Å². The van der Waals surface area contributed by atoms with E-state index in [1.165, 1.54) is 17.4 Å². The second-order valence-electron chi connectivity index (χ2n) is 4.81. The summed E-state index contributed by atoms with van der Waals surface area (Å²) in [4.78, 5) is 6.58. The number of hydrogen-bond donors (Lipinski definition) is 0. The van der Waals surface area contributed by atoms with Crippen LogP contribution in [0.25, 0.3) is 10.6 Å². The van der Waals surface area contributed by atoms with Crippen LogP contribution < -0.4 is 0 Å². The lowest BCUT2D eigenvalue weighted by Crippen LogP contribution is -2.21. The zero-order chi connectivity index (χ0) is 15.2. The van der Waals surface area contributed by atoms with E-state index in [0.717, 1.165) is 28.6 Å². The molecule has 0 amide bonds. The van der Waals surface area contributed by atoms with Gasteiger partial charge in [-0.1, -0.05) is 0 Å². The Morgan fingerprint density at radius 1 is 1.43 bits per heavy atom. The molecule has 114 valence electrons. The van der Waals surface area contributed by atoms with Crippen molar-refractivity contribution in [3.05, 3.63) is 40.7 Å². The highest BCUT2D eigenvalue weighted by Crippen LogP contribution is 2.26. The molecule has 1 aromatic carbocycles. The van der Waals surface area contributed by atoms with Crippen molar-refractivity contribution in [2.75, 3.05) is 25.6 Å². The maximum atomic E-state index is 14.0. The Kier molecular flexibility index (Phi) is 6.48. The quantitative estimate of drug-likeness (QED) is 0.689. The number of rotatable bonds is 7. The van der Waals surface area contributed by atoms with E-state index < -0.39 is 0 Å². The van der Waals surface area contributed by atoms with Gasteiger partial charge in [-0.15, -0.1) is 22.9 Å². The minimum atomic E-state index is -0.163. The number of halogens is 2. The predicted molar refractivity (Wildman–Crippen MR) is 91.8 cm³/mol. The summed E-state index contributed by atoms with van der Waals surface area (Å²) >= 11 is 9.11. The van der Waals surface area contributed by atoms with Gasteiger partial charge in [0.05, 0.1) is 11.6 Å². The zero-order valence-electron chi connectivity index (χ0n) is 12.1. The van der Waals surface area contributed by atoms with E-state index in [1.807, 2.05) is 18.5 Å². The lowest BCUT2D eigenvalue weighted by molar-refractivity contribution is 0.342. The van der Waals surface area contributed by atoms with Crippen LogP contribution in [-0.2, 0) is 12.4 Å². The largest absolute Gasteiger partial charge is 0.301 e. The Morgan fingerprint density at radius 2 is 2.24 bits per heavy atom. The van der Waals surface area contributed by atoms with Crippen LogP contribution in [0, 0.1) is 5.82 Å². The normalized spacial score (nSPS) is 11.3. The Labute approximate surface area is 138 Å². The van der Waals surface area contributed by atoms with Crippen LogP contribution in [-0.4, -0.2) is 35.5 Å². The van der Waals surface area contributed by atoms with Gasteiger partial charge in [0.15, 0.2) is 0 Å². The standard InChI is InChI=1S/C15H18ClFN2S2/c1-19(5-6-20-2)9-12-7-11(3-4-14(12)17)15-18-13(8-16)10-21-15/h3-4,7,10H,5-6,8-9H2,1-2H3. The van der Waals surface area contributed by atoms with Gasteiger partial charge in [-0.25, -0.2) is 9.37 Å². The number of nitrogens with zero attached hydrogens (tertiary/aromatic N) is 2. The summed E-state index contributed by atoms with van der Waals surface area (Å²) in [7, 11) is 2.01. The summed E-state index contributed by atoms with van der Waals surface area (Å²) in [6.45, 7) is 1.55. The van der Waals surface area contributed by atoms with Crippen LogP contribution in [0.2, 0.25) is 0 Å². The third-order valence-corrected chi connectivity index (χ3v) is 4.90. The number of hydrogen-bond acceptors (Lipinski definition) is 4. The molecule has 0 N–H and O–H groups in total. The van der Waals surface area contributed by atoms with Gasteiger partial charge in [0.2, 0.25) is 0 Å². The first kappa shape index (κ1) is 16.7. The van der Waals surface area contributed by atoms with E-state index in [2.05, 4.69) is 16.1 Å². The van der Waals surface area contributed by atoms with Gasteiger partial charge in [-0.3, -0.25) is 0 Å². The van der Waals surface area contributed by atoms with E-state index in [-0.39, 0.29) is 5.82 Å². The molecule has 2 nitrogen and oxygen atoms in total. The average Bonchev–Trinajstić information content (AvgIpc) is 2.96. The van der Waals surface area contributed by atoms with Gasteiger partial charge >= 0.3 is 0 Å². The van der Waals surface area contributed by atoms with Crippen molar-refractivity contribution < 1.29 is 4.39 Å². The molecule has 2 rings (SSSR count). The molecular weight excluding hydrogens is 327 g/mol. The lowest BCUT2D eigenvalue weighted by atomic mass is 10.1. The van der Waals surface area contributed by atoms with E-state index >= 15 is 0 Å². The van der Waals surface area contributed by atoms with Crippen LogP contribution in [0.15, 0.2) is 23.6 Å². The van der Waals surface area contributed by atoms with E-state index in [0.29, 0.717) is 18.0 Å². The Morgan fingerprint density at radius 3 is 2.90 bits per heavy atom. The number of aromatic nitrogens is 1. The first-order valence-electron chi connectivity index (χ1n) is 6.60. The molecule has 1 aromatic heterocycles. The third-order valence-electron chi connectivity index (χ3n) is 3.10. The van der Waals surface area contributed by atoms with E-state index in [1.54, 1.807) is 17.8 Å². The number of thioether (sulfide) groups is 1. The smallest absolute Gasteiger partial charge is 0.127 e. The molecule has 21 heavy (non-hydrogen) atoms. The Bertz CT molecular complexity index is 589. The van der Waals surface area contributed by atoms with Crippen LogP contribution >= 0.6 is 34.7 Å². The minimum absolute atomic E-state index is 0.163. The molecule has 0 bridgehead atoms. The highest BCUT2D eigenvalue weighted by molar-refractivity contribution is 7.98. The molecule has 0 aliphatic carbocycles. The Hall–Kier alpha value is -0.620. The van der Waals surface area contributed by atoms with Crippen molar-refractivity contribution in [1.82, 2.24) is 9.88 Å². The van der Waals surface area contributed by atoms with Crippen LogP contribution in [0.4, 0.5) is 4.39 Å². The summed E-state index contributed by atoms with van der Waals surface area (Å²) in [5.41, 5.74) is 2.52. The first-order valence-corrected chi connectivity index (χ1v) is 9.41. The van der Waals surface area contributed by atoms with Gasteiger partial charge in [0, 0.05) is 35.3 Å². The monoisotopic (exact) mass is 344 g/mol. The second-order valence-corrected chi connectivity index (χ2v) is 6.93. The topological polar surface area (TPSA) is 16.1 Å². The zero-order valence-corrected chi connectivity index (χ0v) is 14.5. The molecule has 2 aromatic rings. The van der Waals surface area contributed by atoms with E-state index in [9.17, 15) is 4.39 Å². The van der Waals surface area contributed by atoms with E-state index in [4.69, 9.17) is 11.6 Å². The van der Waals surface area contributed by atoms with Crippen LogP contribution in [0.3, 0.4) is 0 Å². The molecule has 0 saturated carbocycles. The van der Waals surface area contributed by atoms with Crippen LogP contribution in [0.5, 0.6) is 0 Å². The molecule has 0 spiro atoms. The molecule has 0 aliphatic heterocycles.